The van der Waals surface area contributed by atoms with Crippen LogP contribution in [0.25, 0.3) is 10.9 Å². The third-order valence-electron chi connectivity index (χ3n) is 5.85. The monoisotopic (exact) mass is 386 g/mol. The molecular formula is C22H18N4OS. The molecule has 2 aromatic carbocycles. The van der Waals surface area contributed by atoms with Crippen molar-refractivity contribution in [2.24, 2.45) is 12.8 Å². The summed E-state index contributed by atoms with van der Waals surface area (Å²) in [5.74, 6) is -0.103. The van der Waals surface area contributed by atoms with Crippen LogP contribution in [0.4, 0.5) is 5.69 Å². The Bertz CT molecular complexity index is 1250. The molecule has 5 rings (SSSR count). The quantitative estimate of drug-likeness (QED) is 0.693. The van der Waals surface area contributed by atoms with E-state index in [1.54, 1.807) is 4.90 Å². The number of aryl methyl sites for hydroxylation is 1. The van der Waals surface area contributed by atoms with E-state index in [-0.39, 0.29) is 5.91 Å². The van der Waals surface area contributed by atoms with Gasteiger partial charge in [0.15, 0.2) is 0 Å². The first-order valence-electron chi connectivity index (χ1n) is 9.14. The maximum atomic E-state index is 14.0. The Labute approximate surface area is 167 Å². The van der Waals surface area contributed by atoms with Gasteiger partial charge < -0.3 is 15.2 Å². The zero-order valence-corrected chi connectivity index (χ0v) is 16.4. The molecule has 0 fully saturated rings. The van der Waals surface area contributed by atoms with Gasteiger partial charge in [0.1, 0.15) is 5.41 Å². The normalized spacial score (nSPS) is 20.6. The van der Waals surface area contributed by atoms with Crippen LogP contribution in [-0.4, -0.2) is 17.0 Å². The van der Waals surface area contributed by atoms with Crippen LogP contribution >= 0.6 is 11.8 Å². The lowest BCUT2D eigenvalue weighted by atomic mass is 9.70. The number of carbonyl (C=O) groups is 1. The molecule has 5 nitrogen and oxygen atoms in total. The van der Waals surface area contributed by atoms with Gasteiger partial charge in [-0.2, -0.15) is 5.26 Å². The smallest absolute Gasteiger partial charge is 0.247 e. The standard InChI is InChI=1S/C22H18N4OS/c1-3-26-17-11-7-5-9-14(17)22(21(26)27)15(12-23)19(24)28-20-18(22)13-8-4-6-10-16(13)25(20)2/h4-11H,3,24H2,1-2H3. The molecule has 1 amide bonds. The van der Waals surface area contributed by atoms with Crippen molar-refractivity contribution in [3.63, 3.8) is 0 Å². The SMILES string of the molecule is CCN1C(=O)C2(C(C#N)=C(N)Sc3c2c2ccccc2n3C)c2ccccc21. The Hall–Kier alpha value is -3.17. The first-order chi connectivity index (χ1) is 13.6. The van der Waals surface area contributed by atoms with E-state index in [0.29, 0.717) is 17.1 Å². The van der Waals surface area contributed by atoms with Gasteiger partial charge in [-0.25, -0.2) is 0 Å². The van der Waals surface area contributed by atoms with Gasteiger partial charge in [-0.1, -0.05) is 48.2 Å². The summed E-state index contributed by atoms with van der Waals surface area (Å²) in [5.41, 5.74) is 9.09. The van der Waals surface area contributed by atoms with Gasteiger partial charge in [-0.15, -0.1) is 0 Å². The van der Waals surface area contributed by atoms with E-state index in [2.05, 4.69) is 10.6 Å². The number of likely N-dealkylation sites (N-methyl/N-ethyl adjacent to an activating group) is 1. The van der Waals surface area contributed by atoms with E-state index in [9.17, 15) is 10.1 Å². The van der Waals surface area contributed by atoms with Crippen LogP contribution in [-0.2, 0) is 17.3 Å². The predicted molar refractivity (Wildman–Crippen MR) is 111 cm³/mol. The Balaban J connectivity index is 2.02. The number of fused-ring (bicyclic) bond motifs is 6. The fourth-order valence-electron chi connectivity index (χ4n) is 4.71. The van der Waals surface area contributed by atoms with Gasteiger partial charge in [0, 0.05) is 41.3 Å². The van der Waals surface area contributed by atoms with Crippen LogP contribution < -0.4 is 10.6 Å². The summed E-state index contributed by atoms with van der Waals surface area (Å²) >= 11 is 1.37. The van der Waals surface area contributed by atoms with E-state index >= 15 is 0 Å². The Morgan fingerprint density at radius 3 is 2.64 bits per heavy atom. The van der Waals surface area contributed by atoms with E-state index < -0.39 is 5.41 Å². The highest BCUT2D eigenvalue weighted by Gasteiger charge is 2.59. The van der Waals surface area contributed by atoms with Gasteiger partial charge >= 0.3 is 0 Å². The number of nitriles is 1. The van der Waals surface area contributed by atoms with Gasteiger partial charge in [-0.3, -0.25) is 4.79 Å². The molecule has 2 N–H and O–H groups in total. The lowest BCUT2D eigenvalue weighted by molar-refractivity contribution is -0.120. The topological polar surface area (TPSA) is 75.1 Å². The molecule has 6 heteroatoms. The molecule has 0 radical (unpaired) electrons. The summed E-state index contributed by atoms with van der Waals surface area (Å²) in [4.78, 5) is 15.7. The van der Waals surface area contributed by atoms with Crippen LogP contribution in [0, 0.1) is 11.3 Å². The van der Waals surface area contributed by atoms with Crippen LogP contribution in [0.5, 0.6) is 0 Å². The number of thioether (sulfide) groups is 1. The average Bonchev–Trinajstić information content (AvgIpc) is 3.13. The number of hydrogen-bond acceptors (Lipinski definition) is 4. The average molecular weight is 386 g/mol. The van der Waals surface area contributed by atoms with E-state index in [0.717, 1.165) is 32.7 Å². The zero-order valence-electron chi connectivity index (χ0n) is 15.6. The first-order valence-corrected chi connectivity index (χ1v) is 9.96. The van der Waals surface area contributed by atoms with Crippen LogP contribution in [0.15, 0.2) is 64.2 Å². The summed E-state index contributed by atoms with van der Waals surface area (Å²) in [6, 6.07) is 18.1. The van der Waals surface area contributed by atoms with Crippen molar-refractivity contribution in [1.29, 1.82) is 5.26 Å². The minimum absolute atomic E-state index is 0.103. The van der Waals surface area contributed by atoms with E-state index in [1.807, 2.05) is 62.5 Å². The van der Waals surface area contributed by atoms with Crippen molar-refractivity contribution in [3.8, 4) is 6.07 Å². The van der Waals surface area contributed by atoms with Crippen LogP contribution in [0.2, 0.25) is 0 Å². The lowest BCUT2D eigenvalue weighted by Gasteiger charge is -2.33. The van der Waals surface area contributed by atoms with Crippen molar-refractivity contribution in [2.75, 3.05) is 11.4 Å². The van der Waals surface area contributed by atoms with Gasteiger partial charge in [0.05, 0.1) is 21.7 Å². The third kappa shape index (κ3) is 1.75. The van der Waals surface area contributed by atoms with Gasteiger partial charge in [-0.05, 0) is 19.1 Å². The number of carbonyl (C=O) groups excluding carboxylic acids is 1. The van der Waals surface area contributed by atoms with E-state index in [1.165, 1.54) is 11.8 Å². The van der Waals surface area contributed by atoms with Crippen molar-refractivity contribution >= 4 is 34.3 Å². The molecule has 1 spiro atoms. The molecule has 0 aliphatic carbocycles. The summed E-state index contributed by atoms with van der Waals surface area (Å²) in [6.07, 6.45) is 0. The highest BCUT2D eigenvalue weighted by Crippen LogP contribution is 2.58. The first kappa shape index (κ1) is 17.0. The largest absolute Gasteiger partial charge is 0.392 e. The van der Waals surface area contributed by atoms with Gasteiger partial charge in [0.2, 0.25) is 5.91 Å². The number of para-hydroxylation sites is 2. The van der Waals surface area contributed by atoms with Crippen molar-refractivity contribution in [2.45, 2.75) is 17.4 Å². The number of benzene rings is 2. The highest BCUT2D eigenvalue weighted by molar-refractivity contribution is 8.03. The summed E-state index contributed by atoms with van der Waals surface area (Å²) in [6.45, 7) is 2.48. The second-order valence-electron chi connectivity index (χ2n) is 7.03. The molecule has 3 aromatic rings. The van der Waals surface area contributed by atoms with Gasteiger partial charge in [0.25, 0.3) is 0 Å². The summed E-state index contributed by atoms with van der Waals surface area (Å²) < 4.78 is 2.07. The predicted octanol–water partition coefficient (Wildman–Crippen LogP) is 3.63. The third-order valence-corrected chi connectivity index (χ3v) is 6.94. The highest BCUT2D eigenvalue weighted by atomic mass is 32.2. The number of amides is 1. The molecule has 1 unspecified atom stereocenters. The molecule has 1 aromatic heterocycles. The minimum Gasteiger partial charge on any atom is -0.392 e. The number of nitrogens with zero attached hydrogens (tertiary/aromatic N) is 3. The summed E-state index contributed by atoms with van der Waals surface area (Å²) in [7, 11) is 1.98. The molecule has 0 saturated carbocycles. The minimum atomic E-state index is -1.20. The fourth-order valence-corrected chi connectivity index (χ4v) is 5.82. The maximum absolute atomic E-state index is 14.0. The zero-order chi connectivity index (χ0) is 19.6. The number of anilines is 1. The summed E-state index contributed by atoms with van der Waals surface area (Å²) in [5, 5.41) is 12.4. The number of hydrogen-bond donors (Lipinski definition) is 1. The molecule has 138 valence electrons. The van der Waals surface area contributed by atoms with Crippen molar-refractivity contribution < 1.29 is 4.79 Å². The fraction of sp³-hybridized carbons (Fsp3) is 0.182. The lowest BCUT2D eigenvalue weighted by Crippen LogP contribution is -2.44. The van der Waals surface area contributed by atoms with Crippen LogP contribution in [0.3, 0.4) is 0 Å². The van der Waals surface area contributed by atoms with Crippen LogP contribution in [0.1, 0.15) is 18.1 Å². The molecule has 0 saturated heterocycles. The number of aromatic nitrogens is 1. The second kappa shape index (κ2) is 5.66. The maximum Gasteiger partial charge on any atom is 0.247 e. The van der Waals surface area contributed by atoms with Crippen molar-refractivity contribution in [3.05, 3.63) is 70.3 Å². The molecule has 0 bridgehead atoms. The van der Waals surface area contributed by atoms with Crippen molar-refractivity contribution in [1.82, 2.24) is 4.57 Å². The molecule has 1 atom stereocenters. The number of rotatable bonds is 1. The second-order valence-corrected chi connectivity index (χ2v) is 8.06. The molecule has 2 aliphatic heterocycles. The molecule has 28 heavy (non-hydrogen) atoms. The molecule has 2 aliphatic rings. The number of nitrogens with two attached hydrogens (primary N) is 1. The molecule has 3 heterocycles. The van der Waals surface area contributed by atoms with E-state index in [4.69, 9.17) is 5.73 Å². The molecular weight excluding hydrogens is 368 g/mol. The Kier molecular flexibility index (Phi) is 3.43. The Morgan fingerprint density at radius 1 is 1.18 bits per heavy atom. The Morgan fingerprint density at radius 2 is 1.89 bits per heavy atom.